The van der Waals surface area contributed by atoms with Crippen LogP contribution >= 0.6 is 0 Å². The van der Waals surface area contributed by atoms with Crippen LogP contribution < -0.4 is 11.9 Å². The van der Waals surface area contributed by atoms with E-state index in [-0.39, 0.29) is 28.9 Å². The van der Waals surface area contributed by atoms with Gasteiger partial charge in [-0.15, -0.1) is 0 Å². The number of phenols is 1. The number of carbonyl (C=O) groups excluding carboxylic acids is 1. The van der Waals surface area contributed by atoms with Crippen molar-refractivity contribution in [1.29, 1.82) is 0 Å². The second-order valence-electron chi connectivity index (χ2n) is 4.60. The minimum Gasteiger partial charge on any atom is -0.507 e. The number of aromatic carboxylic acids is 1. The summed E-state index contributed by atoms with van der Waals surface area (Å²) in [6, 6.07) is 8.58. The van der Waals surface area contributed by atoms with Crippen molar-refractivity contribution in [2.75, 3.05) is 0 Å². The van der Waals surface area contributed by atoms with Gasteiger partial charge in [-0.3, -0.25) is 4.79 Å². The van der Waals surface area contributed by atoms with Crippen molar-refractivity contribution in [3.63, 3.8) is 0 Å². The molecule has 1 heterocycles. The number of hydrogen-bond donors (Lipinski definition) is 4. The Balaban J connectivity index is 0.00000192. The zero-order valence-electron chi connectivity index (χ0n) is 11.8. The molecule has 0 spiro atoms. The number of carboxylic acids is 1. The number of fused-ring (bicyclic) bond motifs is 1. The molecule has 3 aromatic rings. The molecule has 1 amide bonds. The summed E-state index contributed by atoms with van der Waals surface area (Å²) in [7, 11) is 0. The molecule has 0 aliphatic carbocycles. The average Bonchev–Trinajstić information content (AvgIpc) is 2.89. The number of amides is 1. The van der Waals surface area contributed by atoms with Crippen LogP contribution in [0.4, 0.5) is 0 Å². The zero-order chi connectivity index (χ0) is 15.9. The van der Waals surface area contributed by atoms with Gasteiger partial charge in [-0.05, 0) is 30.3 Å². The number of nitrogens with zero attached hydrogens (tertiary/aromatic N) is 1. The molecule has 0 atom stereocenters. The first-order valence-electron chi connectivity index (χ1n) is 6.23. The maximum atomic E-state index is 11.2. The molecule has 0 bridgehead atoms. The van der Waals surface area contributed by atoms with Gasteiger partial charge in [0.25, 0.3) is 5.91 Å². The topological polar surface area (TPSA) is 162 Å². The molecule has 7 N–H and O–H groups in total. The van der Waals surface area contributed by atoms with Gasteiger partial charge < -0.3 is 26.5 Å². The predicted octanol–water partition coefficient (Wildman–Crippen LogP) is 2.16. The Hall–Kier alpha value is -3.39. The van der Waals surface area contributed by atoms with Gasteiger partial charge in [-0.1, -0.05) is 0 Å². The van der Waals surface area contributed by atoms with Gasteiger partial charge >= 0.3 is 5.97 Å². The SMILES string of the molecule is N.NC(=O)c1cc2nc(-c3ccc(C(=O)O)cc3)oc2cc1O. The van der Waals surface area contributed by atoms with Crippen LogP contribution in [0, 0.1) is 0 Å². The Morgan fingerprint density at radius 3 is 2.35 bits per heavy atom. The molecule has 0 radical (unpaired) electrons. The van der Waals surface area contributed by atoms with Crippen LogP contribution in [0.15, 0.2) is 40.8 Å². The molecule has 1 aromatic heterocycles. The number of benzene rings is 2. The Kier molecular flexibility index (Phi) is 4.02. The van der Waals surface area contributed by atoms with E-state index < -0.39 is 11.9 Å². The number of aromatic nitrogens is 1. The van der Waals surface area contributed by atoms with E-state index in [9.17, 15) is 14.7 Å². The van der Waals surface area contributed by atoms with E-state index in [1.165, 1.54) is 24.3 Å². The quantitative estimate of drug-likeness (QED) is 0.575. The van der Waals surface area contributed by atoms with E-state index in [1.807, 2.05) is 0 Å². The summed E-state index contributed by atoms with van der Waals surface area (Å²) in [5.41, 5.74) is 6.48. The second kappa shape index (κ2) is 5.78. The fraction of sp³-hybridized carbons (Fsp3) is 0. The normalized spacial score (nSPS) is 10.3. The van der Waals surface area contributed by atoms with Crippen molar-refractivity contribution >= 4 is 23.0 Å². The Bertz CT molecular complexity index is 899. The van der Waals surface area contributed by atoms with Gasteiger partial charge in [0.2, 0.25) is 5.89 Å². The molecule has 0 saturated carbocycles. The minimum atomic E-state index is -1.03. The van der Waals surface area contributed by atoms with Crippen molar-refractivity contribution in [3.8, 4) is 17.2 Å². The van der Waals surface area contributed by atoms with E-state index in [2.05, 4.69) is 4.98 Å². The molecule has 23 heavy (non-hydrogen) atoms. The van der Waals surface area contributed by atoms with E-state index >= 15 is 0 Å². The first kappa shape index (κ1) is 16.0. The van der Waals surface area contributed by atoms with Crippen molar-refractivity contribution in [1.82, 2.24) is 11.1 Å². The lowest BCUT2D eigenvalue weighted by molar-refractivity contribution is 0.0696. The highest BCUT2D eigenvalue weighted by atomic mass is 16.4. The second-order valence-corrected chi connectivity index (χ2v) is 4.60. The third kappa shape index (κ3) is 2.83. The monoisotopic (exact) mass is 315 g/mol. The smallest absolute Gasteiger partial charge is 0.335 e. The highest BCUT2D eigenvalue weighted by Gasteiger charge is 2.15. The highest BCUT2D eigenvalue weighted by molar-refractivity contribution is 5.99. The van der Waals surface area contributed by atoms with Crippen LogP contribution in [0.5, 0.6) is 5.75 Å². The molecule has 8 heteroatoms. The molecule has 2 aromatic carbocycles. The van der Waals surface area contributed by atoms with Gasteiger partial charge in [-0.2, -0.15) is 0 Å². The van der Waals surface area contributed by atoms with Gasteiger partial charge in [0, 0.05) is 11.6 Å². The fourth-order valence-corrected chi connectivity index (χ4v) is 2.04. The standard InChI is InChI=1S/C15H10N2O5.H3N/c16-13(19)9-5-10-12(6-11(9)18)22-14(17-10)7-1-3-8(4-2-7)15(20)21;/h1-6,18H,(H2,16,19)(H,20,21);1H3. The molecular formula is C15H13N3O5. The molecule has 0 unspecified atom stereocenters. The number of carboxylic acid groups (broad SMARTS) is 1. The van der Waals surface area contributed by atoms with Crippen LogP contribution in [0.25, 0.3) is 22.6 Å². The van der Waals surface area contributed by atoms with Crippen molar-refractivity contribution < 1.29 is 24.2 Å². The summed E-state index contributed by atoms with van der Waals surface area (Å²) in [5, 5.41) is 18.6. The molecule has 0 saturated heterocycles. The van der Waals surface area contributed by atoms with Crippen molar-refractivity contribution in [2.24, 2.45) is 5.73 Å². The van der Waals surface area contributed by atoms with E-state index in [4.69, 9.17) is 15.3 Å². The molecule has 0 aliphatic rings. The number of aromatic hydroxyl groups is 1. The van der Waals surface area contributed by atoms with E-state index in [0.29, 0.717) is 16.7 Å². The van der Waals surface area contributed by atoms with E-state index in [1.54, 1.807) is 12.1 Å². The largest absolute Gasteiger partial charge is 0.507 e. The maximum absolute atomic E-state index is 11.2. The lowest BCUT2D eigenvalue weighted by Gasteiger charge is -1.98. The van der Waals surface area contributed by atoms with Gasteiger partial charge in [0.1, 0.15) is 11.3 Å². The Morgan fingerprint density at radius 2 is 1.78 bits per heavy atom. The Labute approximate surface area is 129 Å². The molecule has 8 nitrogen and oxygen atoms in total. The van der Waals surface area contributed by atoms with Crippen LogP contribution in [-0.2, 0) is 0 Å². The van der Waals surface area contributed by atoms with Crippen molar-refractivity contribution in [3.05, 3.63) is 47.5 Å². The number of primary amides is 1. The summed E-state index contributed by atoms with van der Waals surface area (Å²) >= 11 is 0. The van der Waals surface area contributed by atoms with Gasteiger partial charge in [0.15, 0.2) is 5.58 Å². The first-order valence-corrected chi connectivity index (χ1v) is 6.23. The summed E-state index contributed by atoms with van der Waals surface area (Å²) in [6.45, 7) is 0. The predicted molar refractivity (Wildman–Crippen MR) is 81.6 cm³/mol. The van der Waals surface area contributed by atoms with Crippen LogP contribution in [0.3, 0.4) is 0 Å². The third-order valence-corrected chi connectivity index (χ3v) is 3.15. The summed E-state index contributed by atoms with van der Waals surface area (Å²) in [4.78, 5) is 26.2. The van der Waals surface area contributed by atoms with Gasteiger partial charge in [0.05, 0.1) is 11.1 Å². The lowest BCUT2D eigenvalue weighted by Crippen LogP contribution is -2.10. The fourth-order valence-electron chi connectivity index (χ4n) is 2.04. The summed E-state index contributed by atoms with van der Waals surface area (Å²) in [6.07, 6.45) is 0. The molecule has 118 valence electrons. The number of nitrogens with two attached hydrogens (primary N) is 1. The van der Waals surface area contributed by atoms with Crippen LogP contribution in [-0.4, -0.2) is 27.1 Å². The van der Waals surface area contributed by atoms with Crippen LogP contribution in [0.1, 0.15) is 20.7 Å². The number of carbonyl (C=O) groups is 2. The summed E-state index contributed by atoms with van der Waals surface area (Å²) in [5.74, 6) is -1.84. The zero-order valence-corrected chi connectivity index (χ0v) is 11.8. The number of rotatable bonds is 3. The van der Waals surface area contributed by atoms with E-state index in [0.717, 1.165) is 0 Å². The highest BCUT2D eigenvalue weighted by Crippen LogP contribution is 2.29. The third-order valence-electron chi connectivity index (χ3n) is 3.15. The maximum Gasteiger partial charge on any atom is 0.335 e. The first-order chi connectivity index (χ1) is 10.5. The molecule has 0 fully saturated rings. The molecule has 0 aliphatic heterocycles. The van der Waals surface area contributed by atoms with Gasteiger partial charge in [-0.25, -0.2) is 9.78 Å². The van der Waals surface area contributed by atoms with Crippen molar-refractivity contribution in [2.45, 2.75) is 0 Å². The lowest BCUT2D eigenvalue weighted by atomic mass is 10.1. The Morgan fingerprint density at radius 1 is 1.13 bits per heavy atom. The average molecular weight is 315 g/mol. The number of oxazole rings is 1. The number of hydrogen-bond acceptors (Lipinski definition) is 6. The summed E-state index contributed by atoms with van der Waals surface area (Å²) < 4.78 is 5.50. The van der Waals surface area contributed by atoms with Crippen LogP contribution in [0.2, 0.25) is 0 Å². The molecule has 3 rings (SSSR count). The minimum absolute atomic E-state index is 0. The molecular weight excluding hydrogens is 302 g/mol.